The number of aromatic nitrogens is 4. The zero-order valence-corrected chi connectivity index (χ0v) is 12.9. The molecule has 1 fully saturated rings. The van der Waals surface area contributed by atoms with Gasteiger partial charge in [-0.05, 0) is 25.0 Å². The molecule has 3 aromatic rings. The fourth-order valence-electron chi connectivity index (χ4n) is 2.73. The molecule has 0 N–H and O–H groups in total. The molecule has 1 aliphatic rings. The fourth-order valence-corrected chi connectivity index (χ4v) is 2.73. The van der Waals surface area contributed by atoms with Crippen LogP contribution in [0.15, 0.2) is 33.8 Å². The van der Waals surface area contributed by atoms with Crippen molar-refractivity contribution in [3.8, 4) is 0 Å². The predicted molar refractivity (Wildman–Crippen MR) is 83.4 cm³/mol. The third-order valence-electron chi connectivity index (χ3n) is 4.16. The lowest BCUT2D eigenvalue weighted by molar-refractivity contribution is 0.188. The summed E-state index contributed by atoms with van der Waals surface area (Å²) in [6.07, 6.45) is 5.93. The molecule has 0 atom stereocenters. The van der Waals surface area contributed by atoms with Crippen molar-refractivity contribution in [3.63, 3.8) is 0 Å². The van der Waals surface area contributed by atoms with Crippen LogP contribution >= 0.6 is 0 Å². The molecule has 3 heterocycles. The second-order valence-electron chi connectivity index (χ2n) is 5.88. The Kier molecular flexibility index (Phi) is 3.49. The van der Waals surface area contributed by atoms with E-state index in [9.17, 15) is 4.79 Å². The van der Waals surface area contributed by atoms with Crippen molar-refractivity contribution in [2.24, 2.45) is 0 Å². The van der Waals surface area contributed by atoms with Gasteiger partial charge < -0.3 is 18.4 Å². The van der Waals surface area contributed by atoms with Gasteiger partial charge in [-0.15, -0.1) is 0 Å². The number of pyridine rings is 1. The topological polar surface area (TPSA) is 75.1 Å². The molecule has 0 saturated heterocycles. The maximum absolute atomic E-state index is 12.7. The highest BCUT2D eigenvalue weighted by atomic mass is 16.5. The number of ether oxygens (including phenoxy) is 1. The quantitative estimate of drug-likeness (QED) is 0.693. The molecular formula is C16H18N4O3. The van der Waals surface area contributed by atoms with Crippen LogP contribution in [-0.2, 0) is 17.8 Å². The number of hydrogen-bond donors (Lipinski definition) is 0. The molecule has 0 amide bonds. The van der Waals surface area contributed by atoms with E-state index in [1.54, 1.807) is 17.9 Å². The molecule has 7 nitrogen and oxygen atoms in total. The first-order valence-corrected chi connectivity index (χ1v) is 7.76. The highest BCUT2D eigenvalue weighted by Crippen LogP contribution is 2.38. The van der Waals surface area contributed by atoms with Crippen molar-refractivity contribution in [2.45, 2.75) is 31.8 Å². The van der Waals surface area contributed by atoms with Crippen molar-refractivity contribution in [1.29, 1.82) is 0 Å². The Labute approximate surface area is 132 Å². The van der Waals surface area contributed by atoms with Crippen LogP contribution in [-0.4, -0.2) is 33.0 Å². The van der Waals surface area contributed by atoms with Crippen molar-refractivity contribution in [2.75, 3.05) is 13.7 Å². The molecule has 7 heteroatoms. The van der Waals surface area contributed by atoms with E-state index in [-0.39, 0.29) is 5.56 Å². The molecule has 0 aliphatic heterocycles. The van der Waals surface area contributed by atoms with Crippen molar-refractivity contribution in [3.05, 3.63) is 46.6 Å². The average molecular weight is 314 g/mol. The third-order valence-corrected chi connectivity index (χ3v) is 4.16. The van der Waals surface area contributed by atoms with Gasteiger partial charge in [0.15, 0.2) is 5.82 Å². The second kappa shape index (κ2) is 5.66. The second-order valence-corrected chi connectivity index (χ2v) is 5.88. The van der Waals surface area contributed by atoms with Gasteiger partial charge in [-0.3, -0.25) is 4.79 Å². The minimum atomic E-state index is -0.0604. The van der Waals surface area contributed by atoms with E-state index in [1.165, 1.54) is 0 Å². The van der Waals surface area contributed by atoms with Gasteiger partial charge in [0, 0.05) is 37.4 Å². The molecule has 0 spiro atoms. The Morgan fingerprint density at radius 3 is 2.83 bits per heavy atom. The van der Waals surface area contributed by atoms with E-state index >= 15 is 0 Å². The van der Waals surface area contributed by atoms with E-state index in [4.69, 9.17) is 9.26 Å². The van der Waals surface area contributed by atoms with Gasteiger partial charge >= 0.3 is 0 Å². The van der Waals surface area contributed by atoms with Crippen molar-refractivity contribution < 1.29 is 9.26 Å². The fraction of sp³-hybridized carbons (Fsp3) is 0.438. The Bertz CT molecular complexity index is 888. The van der Waals surface area contributed by atoms with Crippen LogP contribution < -0.4 is 5.56 Å². The molecule has 0 aromatic carbocycles. The molecule has 1 saturated carbocycles. The number of hydrogen-bond acceptors (Lipinski definition) is 5. The van der Waals surface area contributed by atoms with E-state index in [0.717, 1.165) is 24.1 Å². The normalized spacial score (nSPS) is 14.7. The summed E-state index contributed by atoms with van der Waals surface area (Å²) in [4.78, 5) is 17.1. The molecule has 23 heavy (non-hydrogen) atoms. The van der Waals surface area contributed by atoms with Crippen LogP contribution in [0.5, 0.6) is 0 Å². The van der Waals surface area contributed by atoms with E-state index < -0.39 is 0 Å². The highest BCUT2D eigenvalue weighted by Gasteiger charge is 2.28. The van der Waals surface area contributed by atoms with Crippen LogP contribution in [0.25, 0.3) is 10.9 Å². The minimum absolute atomic E-state index is 0.0604. The van der Waals surface area contributed by atoms with Gasteiger partial charge in [-0.1, -0.05) is 5.16 Å². The molecule has 0 radical (unpaired) electrons. The zero-order valence-electron chi connectivity index (χ0n) is 12.9. The number of methoxy groups -OCH3 is 1. The minimum Gasteiger partial charge on any atom is -0.383 e. The lowest BCUT2D eigenvalue weighted by Gasteiger charge is -2.06. The molecule has 120 valence electrons. The number of nitrogens with zero attached hydrogens (tertiary/aromatic N) is 4. The van der Waals surface area contributed by atoms with E-state index in [0.29, 0.717) is 37.0 Å². The standard InChI is InChI=1S/C16H18N4O3/c1-22-9-8-19-6-4-11-5-7-20(16(21)14(11)19)10-13-17-15(18-23-13)12-2-3-12/h4-7,12H,2-3,8-10H2,1H3. The van der Waals surface area contributed by atoms with Crippen LogP contribution in [0, 0.1) is 0 Å². The van der Waals surface area contributed by atoms with Gasteiger partial charge in [0.25, 0.3) is 5.56 Å². The predicted octanol–water partition coefficient (Wildman–Crippen LogP) is 1.76. The monoisotopic (exact) mass is 314 g/mol. The van der Waals surface area contributed by atoms with Gasteiger partial charge in [-0.25, -0.2) is 0 Å². The van der Waals surface area contributed by atoms with Crippen LogP contribution in [0.2, 0.25) is 0 Å². The summed E-state index contributed by atoms with van der Waals surface area (Å²) in [5, 5.41) is 4.91. The summed E-state index contributed by atoms with van der Waals surface area (Å²) in [6, 6.07) is 3.87. The maximum atomic E-state index is 12.7. The number of rotatable bonds is 6. The highest BCUT2D eigenvalue weighted by molar-refractivity contribution is 5.78. The first-order chi connectivity index (χ1) is 11.3. The Morgan fingerprint density at radius 2 is 2.09 bits per heavy atom. The molecule has 3 aromatic heterocycles. The third kappa shape index (κ3) is 2.68. The Balaban J connectivity index is 1.65. The zero-order chi connectivity index (χ0) is 15.8. The summed E-state index contributed by atoms with van der Waals surface area (Å²) in [5.41, 5.74) is 0.612. The van der Waals surface area contributed by atoms with E-state index in [1.807, 2.05) is 22.9 Å². The van der Waals surface area contributed by atoms with Crippen LogP contribution in [0.4, 0.5) is 0 Å². The van der Waals surface area contributed by atoms with Gasteiger partial charge in [0.05, 0.1) is 6.61 Å². The first kappa shape index (κ1) is 14.2. The molecule has 0 unspecified atom stereocenters. The Morgan fingerprint density at radius 1 is 1.30 bits per heavy atom. The number of fused-ring (bicyclic) bond motifs is 1. The first-order valence-electron chi connectivity index (χ1n) is 7.76. The Hall–Kier alpha value is -2.41. The van der Waals surface area contributed by atoms with Gasteiger partial charge in [-0.2, -0.15) is 4.98 Å². The smallest absolute Gasteiger partial charge is 0.275 e. The van der Waals surface area contributed by atoms with Crippen molar-refractivity contribution in [1.82, 2.24) is 19.3 Å². The van der Waals surface area contributed by atoms with Gasteiger partial charge in [0.2, 0.25) is 5.89 Å². The van der Waals surface area contributed by atoms with Crippen LogP contribution in [0.3, 0.4) is 0 Å². The lowest BCUT2D eigenvalue weighted by Crippen LogP contribution is -2.22. The average Bonchev–Trinajstić information content (AvgIpc) is 3.16. The van der Waals surface area contributed by atoms with E-state index in [2.05, 4.69) is 10.1 Å². The van der Waals surface area contributed by atoms with Gasteiger partial charge in [0.1, 0.15) is 12.1 Å². The van der Waals surface area contributed by atoms with Crippen molar-refractivity contribution >= 4 is 10.9 Å². The summed E-state index contributed by atoms with van der Waals surface area (Å²) in [5.74, 6) is 1.68. The SMILES string of the molecule is COCCn1ccc2ccn(Cc3nc(C4CC4)no3)c(=O)c21. The summed E-state index contributed by atoms with van der Waals surface area (Å²) in [7, 11) is 1.65. The molecular weight excluding hydrogens is 296 g/mol. The largest absolute Gasteiger partial charge is 0.383 e. The summed E-state index contributed by atoms with van der Waals surface area (Å²) in [6.45, 7) is 1.50. The lowest BCUT2D eigenvalue weighted by atomic mass is 10.3. The molecule has 1 aliphatic carbocycles. The molecule has 4 rings (SSSR count). The summed E-state index contributed by atoms with van der Waals surface area (Å²) >= 11 is 0. The summed E-state index contributed by atoms with van der Waals surface area (Å²) < 4.78 is 13.9. The van der Waals surface area contributed by atoms with Crippen LogP contribution in [0.1, 0.15) is 30.5 Å². The maximum Gasteiger partial charge on any atom is 0.275 e. The molecule has 0 bridgehead atoms.